The van der Waals surface area contributed by atoms with Crippen molar-refractivity contribution in [3.8, 4) is 5.69 Å². The molecule has 2 aromatic heterocycles. The fourth-order valence-electron chi connectivity index (χ4n) is 3.32. The number of fused-ring (bicyclic) bond motifs is 1. The van der Waals surface area contributed by atoms with Crippen LogP contribution in [-0.2, 0) is 13.1 Å². The lowest BCUT2D eigenvalue weighted by Crippen LogP contribution is -2.31. The van der Waals surface area contributed by atoms with Crippen LogP contribution in [0.1, 0.15) is 29.9 Å². The Kier molecular flexibility index (Phi) is 5.86. The topological polar surface area (TPSA) is 81.8 Å². The molecule has 0 aliphatic heterocycles. The van der Waals surface area contributed by atoms with E-state index in [0.29, 0.717) is 22.3 Å². The minimum absolute atomic E-state index is 0.190. The van der Waals surface area contributed by atoms with Crippen molar-refractivity contribution in [1.82, 2.24) is 24.9 Å². The van der Waals surface area contributed by atoms with E-state index in [4.69, 9.17) is 11.6 Å². The number of benzene rings is 2. The molecule has 0 aliphatic carbocycles. The number of amides is 1. The van der Waals surface area contributed by atoms with Gasteiger partial charge >= 0.3 is 0 Å². The molecule has 0 fully saturated rings. The highest BCUT2D eigenvalue weighted by molar-refractivity contribution is 6.30. The molecular formula is C23H22ClN5O2. The first-order chi connectivity index (χ1) is 14.9. The zero-order valence-electron chi connectivity index (χ0n) is 17.2. The maximum absolute atomic E-state index is 13.0. The van der Waals surface area contributed by atoms with E-state index in [1.165, 1.54) is 4.68 Å². The maximum Gasteiger partial charge on any atom is 0.274 e. The molecule has 1 N–H and O–H groups in total. The van der Waals surface area contributed by atoms with Crippen LogP contribution < -0.4 is 10.9 Å². The summed E-state index contributed by atoms with van der Waals surface area (Å²) in [7, 11) is 0. The first-order valence-electron chi connectivity index (χ1n) is 10.00. The second-order valence-corrected chi connectivity index (χ2v) is 8.16. The molecule has 8 heteroatoms. The highest BCUT2D eigenvalue weighted by Gasteiger charge is 2.17. The van der Waals surface area contributed by atoms with Gasteiger partial charge in [-0.05, 0) is 36.2 Å². The lowest BCUT2D eigenvalue weighted by atomic mass is 10.1. The lowest BCUT2D eigenvalue weighted by molar-refractivity contribution is 0.0945. The molecule has 0 saturated carbocycles. The van der Waals surface area contributed by atoms with E-state index in [1.807, 2.05) is 32.2 Å². The quantitative estimate of drug-likeness (QED) is 0.499. The van der Waals surface area contributed by atoms with Gasteiger partial charge in [0.25, 0.3) is 11.5 Å². The highest BCUT2D eigenvalue weighted by atomic mass is 35.5. The molecule has 0 atom stereocenters. The van der Waals surface area contributed by atoms with Gasteiger partial charge in [-0.1, -0.05) is 43.6 Å². The van der Waals surface area contributed by atoms with Crippen molar-refractivity contribution in [3.63, 3.8) is 0 Å². The molecule has 7 nitrogen and oxygen atoms in total. The van der Waals surface area contributed by atoms with Crippen LogP contribution in [0, 0.1) is 5.92 Å². The number of halogens is 1. The van der Waals surface area contributed by atoms with E-state index in [1.54, 1.807) is 47.3 Å². The van der Waals surface area contributed by atoms with Gasteiger partial charge in [0.1, 0.15) is 0 Å². The number of rotatable bonds is 6. The van der Waals surface area contributed by atoms with Crippen molar-refractivity contribution in [1.29, 1.82) is 0 Å². The molecule has 4 aromatic rings. The minimum atomic E-state index is -0.340. The maximum atomic E-state index is 13.0. The Bertz CT molecular complexity index is 1290. The van der Waals surface area contributed by atoms with Crippen LogP contribution >= 0.6 is 11.6 Å². The van der Waals surface area contributed by atoms with Gasteiger partial charge in [-0.15, -0.1) is 0 Å². The Morgan fingerprint density at radius 3 is 2.52 bits per heavy atom. The average molecular weight is 436 g/mol. The Labute approximate surface area is 184 Å². The second kappa shape index (κ2) is 8.73. The molecule has 0 saturated heterocycles. The van der Waals surface area contributed by atoms with Gasteiger partial charge in [-0.2, -0.15) is 10.2 Å². The molecule has 31 heavy (non-hydrogen) atoms. The molecule has 158 valence electrons. The molecule has 0 unspecified atom stereocenters. The lowest BCUT2D eigenvalue weighted by Gasteiger charge is -2.12. The zero-order valence-corrected chi connectivity index (χ0v) is 18.0. The van der Waals surface area contributed by atoms with Gasteiger partial charge in [0.2, 0.25) is 0 Å². The summed E-state index contributed by atoms with van der Waals surface area (Å²) in [6, 6.07) is 14.4. The number of aromatic nitrogens is 4. The van der Waals surface area contributed by atoms with Crippen LogP contribution in [0.25, 0.3) is 16.5 Å². The third-order valence-electron chi connectivity index (χ3n) is 4.80. The average Bonchev–Trinajstić information content (AvgIpc) is 3.23. The molecule has 2 aromatic carbocycles. The highest BCUT2D eigenvalue weighted by Crippen LogP contribution is 2.15. The van der Waals surface area contributed by atoms with Gasteiger partial charge in [-0.25, -0.2) is 9.36 Å². The summed E-state index contributed by atoms with van der Waals surface area (Å²) in [5.41, 5.74) is 1.75. The Balaban J connectivity index is 1.57. The minimum Gasteiger partial charge on any atom is -0.346 e. The van der Waals surface area contributed by atoms with Gasteiger partial charge in [-0.3, -0.25) is 9.59 Å². The van der Waals surface area contributed by atoms with Crippen molar-refractivity contribution in [2.45, 2.75) is 26.9 Å². The fraction of sp³-hybridized carbons (Fsp3) is 0.217. The van der Waals surface area contributed by atoms with Crippen molar-refractivity contribution in [2.24, 2.45) is 5.92 Å². The smallest absolute Gasteiger partial charge is 0.274 e. The van der Waals surface area contributed by atoms with E-state index in [0.717, 1.165) is 11.3 Å². The van der Waals surface area contributed by atoms with Gasteiger partial charge in [0.05, 0.1) is 17.3 Å². The summed E-state index contributed by atoms with van der Waals surface area (Å²) in [4.78, 5) is 25.7. The molecule has 1 amide bonds. The summed E-state index contributed by atoms with van der Waals surface area (Å²) in [5.74, 6) is -0.117. The summed E-state index contributed by atoms with van der Waals surface area (Å²) in [6.45, 7) is 4.73. The third kappa shape index (κ3) is 4.51. The summed E-state index contributed by atoms with van der Waals surface area (Å²) in [6.07, 6.45) is 3.54. The molecule has 0 spiro atoms. The number of nitrogens with zero attached hydrogens (tertiary/aromatic N) is 4. The fourth-order valence-corrected chi connectivity index (χ4v) is 3.45. The third-order valence-corrected chi connectivity index (χ3v) is 5.05. The van der Waals surface area contributed by atoms with Crippen LogP contribution in [0.3, 0.4) is 0 Å². The first kappa shape index (κ1) is 20.8. The predicted molar refractivity (Wildman–Crippen MR) is 121 cm³/mol. The predicted octanol–water partition coefficient (Wildman–Crippen LogP) is 3.82. The van der Waals surface area contributed by atoms with Crippen LogP contribution in [0.15, 0.2) is 65.7 Å². The van der Waals surface area contributed by atoms with E-state index < -0.39 is 0 Å². The van der Waals surface area contributed by atoms with Crippen molar-refractivity contribution in [3.05, 3.63) is 87.6 Å². The number of carbonyl (C=O) groups excluding carboxylic acids is 1. The van der Waals surface area contributed by atoms with E-state index in [9.17, 15) is 9.59 Å². The van der Waals surface area contributed by atoms with Gasteiger partial charge in [0.15, 0.2) is 5.69 Å². The molecular weight excluding hydrogens is 414 g/mol. The number of nitrogens with one attached hydrogen (secondary N) is 1. The van der Waals surface area contributed by atoms with Crippen LogP contribution in [0.5, 0.6) is 0 Å². The molecule has 0 bridgehead atoms. The molecule has 0 radical (unpaired) electrons. The number of hydrogen-bond donors (Lipinski definition) is 1. The van der Waals surface area contributed by atoms with Crippen LogP contribution in [-0.4, -0.2) is 25.5 Å². The molecule has 2 heterocycles. The largest absolute Gasteiger partial charge is 0.346 e. The van der Waals surface area contributed by atoms with Crippen molar-refractivity contribution >= 4 is 28.3 Å². The van der Waals surface area contributed by atoms with Crippen LogP contribution in [0.4, 0.5) is 0 Å². The monoisotopic (exact) mass is 435 g/mol. The Morgan fingerprint density at radius 1 is 1.10 bits per heavy atom. The Morgan fingerprint density at radius 2 is 1.81 bits per heavy atom. The number of hydrogen-bond acceptors (Lipinski definition) is 4. The van der Waals surface area contributed by atoms with E-state index in [-0.39, 0.29) is 29.6 Å². The molecule has 0 aliphatic rings. The number of carbonyl (C=O) groups is 1. The normalized spacial score (nSPS) is 11.2. The van der Waals surface area contributed by atoms with E-state index >= 15 is 0 Å². The standard InChI is InChI=1S/C23H22ClN5O2/c1-15(2)13-29-23(31)20-6-4-3-5-19(20)21(27-29)22(30)25-11-16-12-26-28(14-16)18-9-7-17(24)8-10-18/h3-10,12,14-15H,11,13H2,1-2H3,(H,25,30). The Hall–Kier alpha value is -3.45. The SMILES string of the molecule is CC(C)Cn1nc(C(=O)NCc2cnn(-c3ccc(Cl)cc3)c2)c2ccccc2c1=O. The van der Waals surface area contributed by atoms with Crippen LogP contribution in [0.2, 0.25) is 5.02 Å². The first-order valence-corrected chi connectivity index (χ1v) is 10.4. The summed E-state index contributed by atoms with van der Waals surface area (Å²) >= 11 is 5.93. The van der Waals surface area contributed by atoms with Crippen molar-refractivity contribution < 1.29 is 4.79 Å². The zero-order chi connectivity index (χ0) is 22.0. The van der Waals surface area contributed by atoms with Crippen molar-refractivity contribution in [2.75, 3.05) is 0 Å². The summed E-state index contributed by atoms with van der Waals surface area (Å²) < 4.78 is 3.09. The van der Waals surface area contributed by atoms with Gasteiger partial charge < -0.3 is 5.32 Å². The second-order valence-electron chi connectivity index (χ2n) is 7.73. The van der Waals surface area contributed by atoms with E-state index in [2.05, 4.69) is 15.5 Å². The molecule has 4 rings (SSSR count). The summed E-state index contributed by atoms with van der Waals surface area (Å²) in [5, 5.41) is 13.3. The van der Waals surface area contributed by atoms with Gasteiger partial charge in [0, 0.05) is 35.3 Å².